The molecule has 134 valence electrons. The minimum Gasteiger partial charge on any atom is -0.393 e. The van der Waals surface area contributed by atoms with E-state index in [0.717, 1.165) is 25.7 Å². The molecule has 0 radical (unpaired) electrons. The SMILES string of the molecule is C[C@H](Nc1nc(NC2CCC(O)CC2)ncc1C(N)=O)C(C)(C)C. The quantitative estimate of drug-likeness (QED) is 0.655. The average Bonchev–Trinajstić information content (AvgIpc) is 2.48. The zero-order chi connectivity index (χ0) is 17.9. The van der Waals surface area contributed by atoms with Crippen molar-refractivity contribution in [1.29, 1.82) is 0 Å². The Morgan fingerprint density at radius 3 is 2.50 bits per heavy atom. The van der Waals surface area contributed by atoms with E-state index in [1.54, 1.807) is 0 Å². The van der Waals surface area contributed by atoms with Crippen LogP contribution in [0.1, 0.15) is 63.7 Å². The molecule has 0 aliphatic heterocycles. The van der Waals surface area contributed by atoms with Crippen molar-refractivity contribution >= 4 is 17.7 Å². The van der Waals surface area contributed by atoms with E-state index in [-0.39, 0.29) is 29.2 Å². The summed E-state index contributed by atoms with van der Waals surface area (Å²) in [6.07, 6.45) is 4.58. The molecule has 1 fully saturated rings. The number of rotatable bonds is 5. The van der Waals surface area contributed by atoms with Gasteiger partial charge in [-0.25, -0.2) is 4.98 Å². The molecule has 0 unspecified atom stereocenters. The Labute approximate surface area is 143 Å². The van der Waals surface area contributed by atoms with Crippen LogP contribution in [0.3, 0.4) is 0 Å². The van der Waals surface area contributed by atoms with Crippen LogP contribution in [0, 0.1) is 5.41 Å². The fraction of sp³-hybridized carbons (Fsp3) is 0.706. The third-order valence-corrected chi connectivity index (χ3v) is 4.74. The minimum atomic E-state index is -0.550. The lowest BCUT2D eigenvalue weighted by Gasteiger charge is -2.29. The maximum Gasteiger partial charge on any atom is 0.254 e. The Morgan fingerprint density at radius 2 is 1.96 bits per heavy atom. The van der Waals surface area contributed by atoms with Crippen molar-refractivity contribution in [2.75, 3.05) is 10.6 Å². The number of aromatic nitrogens is 2. The summed E-state index contributed by atoms with van der Waals surface area (Å²) < 4.78 is 0. The lowest BCUT2D eigenvalue weighted by molar-refractivity contribution is 0.1000. The zero-order valence-corrected chi connectivity index (χ0v) is 15.0. The highest BCUT2D eigenvalue weighted by Crippen LogP contribution is 2.25. The number of carbonyl (C=O) groups is 1. The topological polar surface area (TPSA) is 113 Å². The molecule has 1 aliphatic carbocycles. The number of nitrogens with one attached hydrogen (secondary N) is 2. The standard InChI is InChI=1S/C17H29N5O2/c1-10(17(2,3)4)20-15-13(14(18)24)9-19-16(22-15)21-11-5-7-12(23)8-6-11/h9-12,23H,5-8H2,1-4H3,(H2,18,24)(H2,19,20,21,22)/t10-,11?,12?/m0/s1. The number of aliphatic hydroxyl groups excluding tert-OH is 1. The molecule has 0 aromatic carbocycles. The summed E-state index contributed by atoms with van der Waals surface area (Å²) in [6, 6.07) is 0.337. The van der Waals surface area contributed by atoms with Gasteiger partial charge in [-0.3, -0.25) is 4.79 Å². The number of aliphatic hydroxyl groups is 1. The van der Waals surface area contributed by atoms with Gasteiger partial charge in [0, 0.05) is 18.3 Å². The Balaban J connectivity index is 2.16. The van der Waals surface area contributed by atoms with Crippen LogP contribution in [-0.2, 0) is 0 Å². The largest absolute Gasteiger partial charge is 0.393 e. The van der Waals surface area contributed by atoms with E-state index in [2.05, 4.69) is 41.4 Å². The van der Waals surface area contributed by atoms with Gasteiger partial charge in [0.05, 0.1) is 11.7 Å². The van der Waals surface area contributed by atoms with Crippen LogP contribution >= 0.6 is 0 Å². The molecule has 0 bridgehead atoms. The maximum absolute atomic E-state index is 11.6. The van der Waals surface area contributed by atoms with E-state index in [1.807, 2.05) is 6.92 Å². The average molecular weight is 335 g/mol. The molecule has 5 N–H and O–H groups in total. The van der Waals surface area contributed by atoms with Crippen LogP contribution in [0.15, 0.2) is 6.20 Å². The van der Waals surface area contributed by atoms with Crippen molar-refractivity contribution < 1.29 is 9.90 Å². The van der Waals surface area contributed by atoms with Crippen LogP contribution in [0.5, 0.6) is 0 Å². The first-order valence-corrected chi connectivity index (χ1v) is 8.55. The lowest BCUT2D eigenvalue weighted by atomic mass is 9.88. The molecular formula is C17H29N5O2. The molecule has 24 heavy (non-hydrogen) atoms. The summed E-state index contributed by atoms with van der Waals surface area (Å²) in [5.41, 5.74) is 5.74. The number of amides is 1. The smallest absolute Gasteiger partial charge is 0.254 e. The number of nitrogens with zero attached hydrogens (tertiary/aromatic N) is 2. The third kappa shape index (κ3) is 4.80. The second-order valence-corrected chi connectivity index (χ2v) is 7.70. The van der Waals surface area contributed by atoms with Gasteiger partial charge in [0.2, 0.25) is 5.95 Å². The fourth-order valence-corrected chi connectivity index (χ4v) is 2.57. The van der Waals surface area contributed by atoms with E-state index >= 15 is 0 Å². The predicted octanol–water partition coefficient (Wildman–Crippen LogP) is 2.14. The number of nitrogens with two attached hydrogens (primary N) is 1. The van der Waals surface area contributed by atoms with Crippen molar-refractivity contribution in [2.45, 2.75) is 71.6 Å². The molecule has 0 spiro atoms. The van der Waals surface area contributed by atoms with Crippen LogP contribution < -0.4 is 16.4 Å². The Kier molecular flexibility index (Phi) is 5.64. The summed E-state index contributed by atoms with van der Waals surface area (Å²) in [7, 11) is 0. The van der Waals surface area contributed by atoms with Gasteiger partial charge in [-0.2, -0.15) is 4.98 Å². The van der Waals surface area contributed by atoms with Gasteiger partial charge in [0.15, 0.2) is 0 Å². The van der Waals surface area contributed by atoms with E-state index in [9.17, 15) is 9.90 Å². The lowest BCUT2D eigenvalue weighted by Crippen LogP contribution is -2.33. The number of hydrogen-bond donors (Lipinski definition) is 4. The molecule has 1 amide bonds. The van der Waals surface area contributed by atoms with Gasteiger partial charge in [-0.1, -0.05) is 20.8 Å². The summed E-state index contributed by atoms with van der Waals surface area (Å²) in [4.78, 5) is 20.3. The van der Waals surface area contributed by atoms with Crippen molar-refractivity contribution in [3.8, 4) is 0 Å². The zero-order valence-electron chi connectivity index (χ0n) is 15.0. The summed E-state index contributed by atoms with van der Waals surface area (Å²) >= 11 is 0. The maximum atomic E-state index is 11.6. The molecule has 1 aliphatic rings. The molecule has 1 saturated carbocycles. The molecule has 7 nitrogen and oxygen atoms in total. The Bertz CT molecular complexity index is 577. The number of carbonyl (C=O) groups excluding carboxylic acids is 1. The first kappa shape index (κ1) is 18.4. The number of primary amides is 1. The van der Waals surface area contributed by atoms with E-state index in [1.165, 1.54) is 6.20 Å². The van der Waals surface area contributed by atoms with Gasteiger partial charge in [0.25, 0.3) is 5.91 Å². The van der Waals surface area contributed by atoms with Crippen molar-refractivity contribution in [3.63, 3.8) is 0 Å². The molecule has 1 heterocycles. The number of anilines is 2. The summed E-state index contributed by atoms with van der Waals surface area (Å²) in [5, 5.41) is 16.2. The first-order valence-electron chi connectivity index (χ1n) is 8.55. The first-order chi connectivity index (χ1) is 11.2. The monoisotopic (exact) mass is 335 g/mol. The predicted molar refractivity (Wildman–Crippen MR) is 95.0 cm³/mol. The highest BCUT2D eigenvalue weighted by atomic mass is 16.3. The highest BCUT2D eigenvalue weighted by Gasteiger charge is 2.24. The molecule has 1 aromatic rings. The third-order valence-electron chi connectivity index (χ3n) is 4.74. The molecule has 1 aromatic heterocycles. The summed E-state index contributed by atoms with van der Waals surface area (Å²) in [6.45, 7) is 8.38. The van der Waals surface area contributed by atoms with Crippen molar-refractivity contribution in [2.24, 2.45) is 11.1 Å². The molecular weight excluding hydrogens is 306 g/mol. The van der Waals surface area contributed by atoms with Crippen LogP contribution in [0.2, 0.25) is 0 Å². The fourth-order valence-electron chi connectivity index (χ4n) is 2.57. The summed E-state index contributed by atoms with van der Waals surface area (Å²) in [5.74, 6) is 0.384. The second kappa shape index (κ2) is 7.34. The van der Waals surface area contributed by atoms with Gasteiger partial charge in [-0.15, -0.1) is 0 Å². The molecule has 2 rings (SSSR count). The molecule has 7 heteroatoms. The van der Waals surface area contributed by atoms with Crippen LogP contribution in [-0.4, -0.2) is 39.2 Å². The Hall–Kier alpha value is -1.89. The van der Waals surface area contributed by atoms with Crippen molar-refractivity contribution in [1.82, 2.24) is 9.97 Å². The van der Waals surface area contributed by atoms with Gasteiger partial charge in [-0.05, 0) is 38.0 Å². The van der Waals surface area contributed by atoms with E-state index in [0.29, 0.717) is 11.8 Å². The van der Waals surface area contributed by atoms with Crippen molar-refractivity contribution in [3.05, 3.63) is 11.8 Å². The van der Waals surface area contributed by atoms with E-state index < -0.39 is 5.91 Å². The number of hydrogen-bond acceptors (Lipinski definition) is 6. The second-order valence-electron chi connectivity index (χ2n) is 7.70. The van der Waals surface area contributed by atoms with Gasteiger partial charge in [0.1, 0.15) is 5.82 Å². The van der Waals surface area contributed by atoms with Gasteiger partial charge >= 0.3 is 0 Å². The van der Waals surface area contributed by atoms with Crippen LogP contribution in [0.4, 0.5) is 11.8 Å². The minimum absolute atomic E-state index is 0.00691. The highest BCUT2D eigenvalue weighted by molar-refractivity contribution is 5.97. The Morgan fingerprint density at radius 1 is 1.33 bits per heavy atom. The van der Waals surface area contributed by atoms with Crippen LogP contribution in [0.25, 0.3) is 0 Å². The van der Waals surface area contributed by atoms with Gasteiger partial charge < -0.3 is 21.5 Å². The molecule has 0 saturated heterocycles. The van der Waals surface area contributed by atoms with E-state index in [4.69, 9.17) is 5.73 Å². The molecule has 1 atom stereocenters. The normalized spacial score (nSPS) is 22.7.